The molecule has 0 spiro atoms. The Morgan fingerprint density at radius 1 is 0.939 bits per heavy atom. The van der Waals surface area contributed by atoms with Gasteiger partial charge in [-0.3, -0.25) is 18.9 Å². The SMILES string of the molecule is CC1CC1S(=O)(=O)Nc1nn(CC(F)F)c2c(-c3ccc(C#CC(C)(C)S(=O)(=O)C4CC4)nc3[C@H](Cc3cc(F)cc(F)c3)NC(=O)Cn3nc(C(F)F)c4c3C(F)(F)[C@@H]3C[C@H]43)cccc12. The monoisotopic (exact) mass is 963 g/mol. The molecule has 4 aliphatic rings. The molecule has 3 fully saturated rings. The highest BCUT2D eigenvalue weighted by atomic mass is 32.2. The number of anilines is 1. The molecular weight excluding hydrogens is 923 g/mol. The van der Waals surface area contributed by atoms with Gasteiger partial charge in [-0.25, -0.2) is 48.2 Å². The van der Waals surface area contributed by atoms with Gasteiger partial charge in [-0.2, -0.15) is 19.0 Å². The number of alkyl halides is 6. The molecule has 5 aromatic rings. The number of sulfonamides is 1. The lowest BCUT2D eigenvalue weighted by Crippen LogP contribution is -2.35. The summed E-state index contributed by atoms with van der Waals surface area (Å²) in [5.41, 5.74) is -2.17. The molecule has 4 aliphatic carbocycles. The number of hydrogen-bond acceptors (Lipinski definition) is 8. The molecule has 0 saturated heterocycles. The van der Waals surface area contributed by atoms with Gasteiger partial charge in [-0.05, 0) is 99.6 Å². The van der Waals surface area contributed by atoms with Crippen LogP contribution in [0.2, 0.25) is 0 Å². The molecule has 9 rings (SSSR count). The number of benzene rings is 2. The van der Waals surface area contributed by atoms with E-state index < -0.39 is 120 Å². The Labute approximate surface area is 373 Å². The fourth-order valence-corrected chi connectivity index (χ4v) is 12.5. The van der Waals surface area contributed by atoms with Crippen molar-refractivity contribution in [2.75, 3.05) is 4.72 Å². The summed E-state index contributed by atoms with van der Waals surface area (Å²) in [6.07, 6.45) is -5.44. The van der Waals surface area contributed by atoms with Crippen LogP contribution in [0.4, 0.5) is 40.9 Å². The standard InChI is InChI=1S/C44H41F8N7O5S2/c1-21-13-33(21)66(63,64)57-42-29-6-4-5-28(39(29)58(56-42)19-34(47)48)27-10-7-25(11-12-43(2,3)65(61,62)26-8-9-26)53-37(27)32(16-22-14-23(45)17-24(46)15-22)54-35(60)20-59-40-36(38(55-59)41(49)50)30-18-31(30)44(40,51)52/h4-7,10,14-15,17,21,26,30-34,41H,8-9,13,16,18-20H2,1-3H3,(H,54,60)(H,56,57)/t21?,30-,31+,32-,33?/m0/s1. The Morgan fingerprint density at radius 2 is 1.64 bits per heavy atom. The number of amides is 1. The van der Waals surface area contributed by atoms with E-state index in [9.17, 15) is 48.0 Å². The van der Waals surface area contributed by atoms with Crippen molar-refractivity contribution < 1.29 is 56.8 Å². The molecule has 12 nitrogen and oxygen atoms in total. The Morgan fingerprint density at radius 3 is 2.27 bits per heavy atom. The van der Waals surface area contributed by atoms with Gasteiger partial charge in [0.15, 0.2) is 15.7 Å². The third-order valence-electron chi connectivity index (χ3n) is 12.6. The van der Waals surface area contributed by atoms with E-state index in [0.717, 1.165) is 16.8 Å². The molecule has 3 aromatic heterocycles. The average molecular weight is 964 g/mol. The average Bonchev–Trinajstić information content (AvgIpc) is 4.16. The van der Waals surface area contributed by atoms with Crippen molar-refractivity contribution in [2.45, 2.75) is 112 Å². The lowest BCUT2D eigenvalue weighted by molar-refractivity contribution is -0.123. The summed E-state index contributed by atoms with van der Waals surface area (Å²) in [6, 6.07) is 8.20. The van der Waals surface area contributed by atoms with E-state index in [1.165, 1.54) is 44.2 Å². The van der Waals surface area contributed by atoms with Crippen LogP contribution in [0, 0.1) is 35.3 Å². The molecule has 0 bridgehead atoms. The number of rotatable bonds is 15. The second-order valence-electron chi connectivity index (χ2n) is 17.9. The third kappa shape index (κ3) is 8.30. The molecule has 2 aromatic carbocycles. The van der Waals surface area contributed by atoms with Crippen LogP contribution in [0.1, 0.15) is 98.7 Å². The number of aromatic nitrogens is 5. The first kappa shape index (κ1) is 45.6. The van der Waals surface area contributed by atoms with Crippen molar-refractivity contribution in [2.24, 2.45) is 11.8 Å². The van der Waals surface area contributed by atoms with Gasteiger partial charge < -0.3 is 5.32 Å². The zero-order chi connectivity index (χ0) is 47.4. The minimum atomic E-state index is -4.02. The summed E-state index contributed by atoms with van der Waals surface area (Å²) in [7, 11) is -7.75. The normalized spacial score (nSPS) is 21.3. The molecule has 3 saturated carbocycles. The van der Waals surface area contributed by atoms with Crippen LogP contribution in [0.5, 0.6) is 0 Å². The van der Waals surface area contributed by atoms with Crippen molar-refractivity contribution in [1.29, 1.82) is 0 Å². The van der Waals surface area contributed by atoms with E-state index in [1.807, 2.05) is 0 Å². The Bertz CT molecular complexity index is 3090. The summed E-state index contributed by atoms with van der Waals surface area (Å²) < 4.78 is 173. The molecule has 22 heteroatoms. The summed E-state index contributed by atoms with van der Waals surface area (Å²) >= 11 is 0. The first-order valence-electron chi connectivity index (χ1n) is 21.1. The molecule has 1 amide bonds. The first-order chi connectivity index (χ1) is 31.0. The molecule has 0 aliphatic heterocycles. The summed E-state index contributed by atoms with van der Waals surface area (Å²) in [5, 5.41) is 9.37. The Hall–Kier alpha value is -5.56. The van der Waals surface area contributed by atoms with E-state index in [1.54, 1.807) is 6.92 Å². The highest BCUT2D eigenvalue weighted by molar-refractivity contribution is 7.94. The smallest absolute Gasteiger partial charge is 0.293 e. The molecule has 2 N–H and O–H groups in total. The minimum absolute atomic E-state index is 0.0211. The van der Waals surface area contributed by atoms with Gasteiger partial charge in [-0.1, -0.05) is 25.0 Å². The van der Waals surface area contributed by atoms with Gasteiger partial charge in [0, 0.05) is 34.1 Å². The second-order valence-corrected chi connectivity index (χ2v) is 22.6. The van der Waals surface area contributed by atoms with Gasteiger partial charge in [0.2, 0.25) is 15.9 Å². The van der Waals surface area contributed by atoms with Crippen molar-refractivity contribution in [3.8, 4) is 23.0 Å². The van der Waals surface area contributed by atoms with Crippen LogP contribution in [-0.2, 0) is 50.1 Å². The number of pyridine rings is 1. The topological polar surface area (TPSA) is 158 Å². The van der Waals surface area contributed by atoms with Crippen LogP contribution in [0.3, 0.4) is 0 Å². The van der Waals surface area contributed by atoms with Crippen molar-refractivity contribution in [1.82, 2.24) is 29.9 Å². The van der Waals surface area contributed by atoms with Crippen LogP contribution in [-0.4, -0.2) is 69.0 Å². The van der Waals surface area contributed by atoms with Crippen LogP contribution < -0.4 is 10.0 Å². The minimum Gasteiger partial charge on any atom is -0.346 e. The number of para-hydroxylation sites is 1. The van der Waals surface area contributed by atoms with E-state index >= 15 is 8.78 Å². The molecule has 2 unspecified atom stereocenters. The maximum atomic E-state index is 15.5. The zero-order valence-corrected chi connectivity index (χ0v) is 36.9. The van der Waals surface area contributed by atoms with E-state index in [4.69, 9.17) is 4.98 Å². The van der Waals surface area contributed by atoms with Crippen molar-refractivity contribution >= 4 is 42.5 Å². The fourth-order valence-electron chi connectivity index (χ4n) is 8.98. The Balaban J connectivity index is 1.20. The van der Waals surface area contributed by atoms with Crippen molar-refractivity contribution in [3.63, 3.8) is 0 Å². The van der Waals surface area contributed by atoms with Gasteiger partial charge in [-0.15, -0.1) is 0 Å². The summed E-state index contributed by atoms with van der Waals surface area (Å²) in [6.45, 7) is 2.54. The number of carbonyl (C=O) groups excluding carboxylic acids is 1. The number of hydrogen-bond donors (Lipinski definition) is 2. The lowest BCUT2D eigenvalue weighted by Gasteiger charge is -2.23. The van der Waals surface area contributed by atoms with Crippen molar-refractivity contribution in [3.05, 3.63) is 94.1 Å². The highest BCUT2D eigenvalue weighted by Gasteiger charge is 2.67. The number of sulfone groups is 1. The Kier molecular flexibility index (Phi) is 11.1. The van der Waals surface area contributed by atoms with E-state index in [0.29, 0.717) is 30.0 Å². The van der Waals surface area contributed by atoms with E-state index in [-0.39, 0.29) is 62.7 Å². The fraction of sp³-hybridized carbons (Fsp3) is 0.455. The van der Waals surface area contributed by atoms with Gasteiger partial charge in [0.25, 0.3) is 18.8 Å². The number of nitrogens with one attached hydrogen (secondary N) is 2. The molecule has 0 radical (unpaired) electrons. The lowest BCUT2D eigenvalue weighted by atomic mass is 9.93. The molecule has 350 valence electrons. The number of fused-ring (bicyclic) bond motifs is 4. The maximum absolute atomic E-state index is 15.5. The maximum Gasteiger partial charge on any atom is 0.293 e. The predicted molar refractivity (Wildman–Crippen MR) is 225 cm³/mol. The van der Waals surface area contributed by atoms with Gasteiger partial charge in [0.1, 0.15) is 46.6 Å². The van der Waals surface area contributed by atoms with Crippen LogP contribution in [0.25, 0.3) is 22.0 Å². The van der Waals surface area contributed by atoms with E-state index in [2.05, 4.69) is 32.1 Å². The molecule has 5 atom stereocenters. The van der Waals surface area contributed by atoms with Gasteiger partial charge in [0.05, 0.1) is 27.8 Å². The second kappa shape index (κ2) is 16.1. The quantitative estimate of drug-likeness (QED) is 0.0791. The third-order valence-corrected chi connectivity index (χ3v) is 17.4. The summed E-state index contributed by atoms with van der Waals surface area (Å²) in [5.74, 6) is -3.66. The van der Waals surface area contributed by atoms with Crippen LogP contribution >= 0.6 is 0 Å². The zero-order valence-electron chi connectivity index (χ0n) is 35.3. The molecule has 3 heterocycles. The highest BCUT2D eigenvalue weighted by Crippen LogP contribution is 2.68. The number of halogens is 8. The molecule has 66 heavy (non-hydrogen) atoms. The summed E-state index contributed by atoms with van der Waals surface area (Å²) in [4.78, 5) is 18.9. The van der Waals surface area contributed by atoms with Gasteiger partial charge >= 0.3 is 0 Å². The van der Waals surface area contributed by atoms with Crippen LogP contribution in [0.15, 0.2) is 48.5 Å². The predicted octanol–water partition coefficient (Wildman–Crippen LogP) is 7.94. The molecular formula is C44H41F8N7O5S2. The largest absolute Gasteiger partial charge is 0.346 e. The number of carbonyl (C=O) groups is 1. The number of nitrogens with zero attached hydrogens (tertiary/aromatic N) is 5. The first-order valence-corrected chi connectivity index (χ1v) is 24.1.